The molecule has 1 saturated heterocycles. The number of amides is 1. The number of para-hydroxylation sites is 1. The third-order valence-corrected chi connectivity index (χ3v) is 5.01. The monoisotopic (exact) mass is 350 g/mol. The molecule has 1 aliphatic rings. The van der Waals surface area contributed by atoms with Gasteiger partial charge in [0, 0.05) is 13.0 Å². The number of carbonyl (C=O) groups is 1. The minimum atomic E-state index is 0.130. The van der Waals surface area contributed by atoms with Crippen molar-refractivity contribution in [1.82, 2.24) is 19.9 Å². The van der Waals surface area contributed by atoms with Crippen LogP contribution in [0, 0.1) is 0 Å². The highest BCUT2D eigenvalue weighted by Gasteiger charge is 2.29. The van der Waals surface area contributed by atoms with Crippen LogP contribution in [0.25, 0.3) is 11.0 Å². The minimum absolute atomic E-state index is 0.130. The lowest BCUT2D eigenvalue weighted by atomic mass is 10.0. The lowest BCUT2D eigenvalue weighted by molar-refractivity contribution is -0.132. The lowest BCUT2D eigenvalue weighted by Crippen LogP contribution is -2.31. The van der Waals surface area contributed by atoms with Gasteiger partial charge in [-0.25, -0.2) is 4.68 Å². The van der Waals surface area contributed by atoms with Gasteiger partial charge in [-0.15, -0.1) is 5.10 Å². The Hall–Kier alpha value is -2.89. The summed E-state index contributed by atoms with van der Waals surface area (Å²) >= 11 is 0. The Labute approximate surface area is 152 Å². The predicted molar refractivity (Wildman–Crippen MR) is 98.8 cm³/mol. The van der Waals surface area contributed by atoms with Gasteiger partial charge >= 0.3 is 0 Å². The van der Waals surface area contributed by atoms with Gasteiger partial charge in [-0.1, -0.05) is 29.5 Å². The zero-order valence-corrected chi connectivity index (χ0v) is 14.8. The average Bonchev–Trinajstić information content (AvgIpc) is 3.33. The number of nitrogens with zero attached hydrogens (tertiary/aromatic N) is 4. The second-order valence-electron chi connectivity index (χ2n) is 6.57. The maximum absolute atomic E-state index is 12.8. The van der Waals surface area contributed by atoms with Crippen LogP contribution in [0.5, 0.6) is 5.75 Å². The van der Waals surface area contributed by atoms with Crippen LogP contribution in [0.15, 0.2) is 48.5 Å². The zero-order chi connectivity index (χ0) is 17.9. The zero-order valence-electron chi connectivity index (χ0n) is 14.8. The minimum Gasteiger partial charge on any atom is -0.497 e. The summed E-state index contributed by atoms with van der Waals surface area (Å²) in [6.45, 7) is 1.35. The Morgan fingerprint density at radius 2 is 2.12 bits per heavy atom. The first kappa shape index (κ1) is 16.6. The SMILES string of the molecule is COc1cccc([C@@H]2CCCN2C(=O)CCn2nnc3ccccc32)c1. The van der Waals surface area contributed by atoms with E-state index in [2.05, 4.69) is 16.4 Å². The molecule has 1 fully saturated rings. The number of aryl methyl sites for hydroxylation is 1. The van der Waals surface area contributed by atoms with Crippen LogP contribution < -0.4 is 4.74 Å². The molecule has 0 radical (unpaired) electrons. The first-order valence-corrected chi connectivity index (χ1v) is 8.98. The highest BCUT2D eigenvalue weighted by molar-refractivity contribution is 5.78. The van der Waals surface area contributed by atoms with E-state index in [1.54, 1.807) is 7.11 Å². The summed E-state index contributed by atoms with van der Waals surface area (Å²) in [7, 11) is 1.67. The van der Waals surface area contributed by atoms with Gasteiger partial charge in [0.2, 0.25) is 5.91 Å². The molecule has 0 spiro atoms. The van der Waals surface area contributed by atoms with E-state index in [9.17, 15) is 4.79 Å². The molecule has 1 atom stereocenters. The Morgan fingerprint density at radius 3 is 3.00 bits per heavy atom. The number of methoxy groups -OCH3 is 1. The molecule has 2 aromatic carbocycles. The van der Waals surface area contributed by atoms with Crippen molar-refractivity contribution in [3.05, 3.63) is 54.1 Å². The van der Waals surface area contributed by atoms with Crippen molar-refractivity contribution in [2.45, 2.75) is 31.8 Å². The van der Waals surface area contributed by atoms with Crippen molar-refractivity contribution >= 4 is 16.9 Å². The maximum atomic E-state index is 12.8. The molecule has 1 amide bonds. The predicted octanol–water partition coefficient (Wildman–Crippen LogP) is 3.19. The second-order valence-corrected chi connectivity index (χ2v) is 6.57. The standard InChI is InChI=1S/C20H22N4O2/c1-26-16-7-4-6-15(14-16)18-10-5-12-23(18)20(25)11-13-24-19-9-3-2-8-17(19)21-22-24/h2-4,6-9,14,18H,5,10-13H2,1H3/t18-/m0/s1. The molecule has 1 aliphatic heterocycles. The molecule has 3 aromatic rings. The smallest absolute Gasteiger partial charge is 0.224 e. The van der Waals surface area contributed by atoms with Crippen molar-refractivity contribution < 1.29 is 9.53 Å². The topological polar surface area (TPSA) is 60.2 Å². The van der Waals surface area contributed by atoms with Crippen LogP contribution in [-0.4, -0.2) is 39.5 Å². The number of hydrogen-bond donors (Lipinski definition) is 0. The largest absolute Gasteiger partial charge is 0.497 e. The number of rotatable bonds is 5. The van der Waals surface area contributed by atoms with Crippen molar-refractivity contribution in [1.29, 1.82) is 0 Å². The summed E-state index contributed by atoms with van der Waals surface area (Å²) in [4.78, 5) is 14.8. The van der Waals surface area contributed by atoms with E-state index < -0.39 is 0 Å². The van der Waals surface area contributed by atoms with Crippen molar-refractivity contribution in [3.8, 4) is 5.75 Å². The third-order valence-electron chi connectivity index (χ3n) is 5.01. The van der Waals surface area contributed by atoms with Crippen LogP contribution in [0.1, 0.15) is 30.9 Å². The van der Waals surface area contributed by atoms with E-state index in [4.69, 9.17) is 4.74 Å². The van der Waals surface area contributed by atoms with Crippen LogP contribution in [-0.2, 0) is 11.3 Å². The van der Waals surface area contributed by atoms with E-state index >= 15 is 0 Å². The van der Waals surface area contributed by atoms with E-state index in [0.717, 1.165) is 41.7 Å². The Morgan fingerprint density at radius 1 is 1.23 bits per heavy atom. The molecular weight excluding hydrogens is 328 g/mol. The number of aromatic nitrogens is 3. The molecule has 0 saturated carbocycles. The first-order valence-electron chi connectivity index (χ1n) is 8.98. The summed E-state index contributed by atoms with van der Waals surface area (Å²) < 4.78 is 7.13. The lowest BCUT2D eigenvalue weighted by Gasteiger charge is -2.25. The summed E-state index contributed by atoms with van der Waals surface area (Å²) in [5.74, 6) is 0.991. The van der Waals surface area contributed by atoms with Crippen LogP contribution in [0.2, 0.25) is 0 Å². The molecule has 6 nitrogen and oxygen atoms in total. The first-order chi connectivity index (χ1) is 12.8. The van der Waals surface area contributed by atoms with Crippen LogP contribution in [0.3, 0.4) is 0 Å². The van der Waals surface area contributed by atoms with E-state index in [1.165, 1.54) is 0 Å². The van der Waals surface area contributed by atoms with Gasteiger partial charge in [-0.3, -0.25) is 4.79 Å². The molecular formula is C20H22N4O2. The molecule has 0 N–H and O–H groups in total. The molecule has 134 valence electrons. The average molecular weight is 350 g/mol. The molecule has 0 bridgehead atoms. The number of likely N-dealkylation sites (tertiary alicyclic amines) is 1. The highest BCUT2D eigenvalue weighted by atomic mass is 16.5. The van der Waals surface area contributed by atoms with Crippen LogP contribution in [0.4, 0.5) is 0 Å². The summed E-state index contributed by atoms with van der Waals surface area (Å²) in [5, 5.41) is 8.32. The number of hydrogen-bond acceptors (Lipinski definition) is 4. The van der Waals surface area contributed by atoms with Gasteiger partial charge in [0.1, 0.15) is 11.3 Å². The van der Waals surface area contributed by atoms with Crippen molar-refractivity contribution in [2.75, 3.05) is 13.7 Å². The molecule has 4 rings (SSSR count). The normalized spacial score (nSPS) is 17.0. The molecule has 1 aromatic heterocycles. The van der Waals surface area contributed by atoms with Gasteiger partial charge < -0.3 is 9.64 Å². The van der Waals surface area contributed by atoms with E-state index in [0.29, 0.717) is 13.0 Å². The third kappa shape index (κ3) is 3.14. The van der Waals surface area contributed by atoms with Gasteiger partial charge in [0.15, 0.2) is 0 Å². The highest BCUT2D eigenvalue weighted by Crippen LogP contribution is 2.33. The molecule has 0 aliphatic carbocycles. The van der Waals surface area contributed by atoms with Crippen LogP contribution >= 0.6 is 0 Å². The number of benzene rings is 2. The number of carbonyl (C=O) groups excluding carboxylic acids is 1. The fourth-order valence-corrected chi connectivity index (χ4v) is 3.69. The van der Waals surface area contributed by atoms with E-state index in [1.807, 2.05) is 52.0 Å². The molecule has 0 unspecified atom stereocenters. The van der Waals surface area contributed by atoms with Crippen molar-refractivity contribution in [2.24, 2.45) is 0 Å². The Bertz CT molecular complexity index is 921. The molecule has 26 heavy (non-hydrogen) atoms. The Kier molecular flexibility index (Phi) is 4.56. The fourth-order valence-electron chi connectivity index (χ4n) is 3.69. The van der Waals surface area contributed by atoms with Gasteiger partial charge in [0.25, 0.3) is 0 Å². The quantitative estimate of drug-likeness (QED) is 0.709. The Balaban J connectivity index is 1.46. The van der Waals surface area contributed by atoms with Crippen molar-refractivity contribution in [3.63, 3.8) is 0 Å². The van der Waals surface area contributed by atoms with Gasteiger partial charge in [-0.05, 0) is 42.7 Å². The summed E-state index contributed by atoms with van der Waals surface area (Å²) in [6.07, 6.45) is 2.44. The second kappa shape index (κ2) is 7.15. The number of fused-ring (bicyclic) bond motifs is 1. The summed E-state index contributed by atoms with van der Waals surface area (Å²) in [6, 6.07) is 16.0. The maximum Gasteiger partial charge on any atom is 0.224 e. The number of ether oxygens (including phenoxy) is 1. The summed E-state index contributed by atoms with van der Waals surface area (Å²) in [5.41, 5.74) is 2.96. The fraction of sp³-hybridized carbons (Fsp3) is 0.350. The van der Waals surface area contributed by atoms with Gasteiger partial charge in [0.05, 0.1) is 25.2 Å². The van der Waals surface area contributed by atoms with Gasteiger partial charge in [-0.2, -0.15) is 0 Å². The molecule has 2 heterocycles. The van der Waals surface area contributed by atoms with E-state index in [-0.39, 0.29) is 11.9 Å². The molecule has 6 heteroatoms.